The van der Waals surface area contributed by atoms with Crippen LogP contribution in [-0.2, 0) is 11.2 Å². The van der Waals surface area contributed by atoms with E-state index in [1.807, 2.05) is 29.3 Å². The summed E-state index contributed by atoms with van der Waals surface area (Å²) >= 11 is 6.74. The molecule has 4 rings (SSSR count). The summed E-state index contributed by atoms with van der Waals surface area (Å²) in [7, 11) is 0. The molecule has 0 radical (unpaired) electrons. The zero-order valence-electron chi connectivity index (χ0n) is 12.4. The van der Waals surface area contributed by atoms with E-state index in [1.54, 1.807) is 6.08 Å². The highest BCUT2D eigenvalue weighted by Gasteiger charge is 2.32. The summed E-state index contributed by atoms with van der Waals surface area (Å²) < 4.78 is 0.931. The molecule has 1 aromatic rings. The van der Waals surface area contributed by atoms with Gasteiger partial charge in [0.05, 0.1) is 11.3 Å². The SMILES string of the molecule is O=C1C(c2c(O)[nH]c3c2C=C/C(=C/Br)C3)=NC2=C1C=CC(Br)=CC2. The molecule has 2 N–H and O–H groups in total. The fraction of sp³-hybridized carbons (Fsp3) is 0.111. The topological polar surface area (TPSA) is 65.4 Å². The number of hydrogen-bond acceptors (Lipinski definition) is 3. The minimum absolute atomic E-state index is 0.00839. The second kappa shape index (κ2) is 5.86. The van der Waals surface area contributed by atoms with Crippen molar-refractivity contribution in [3.05, 3.63) is 67.4 Å². The van der Waals surface area contributed by atoms with Crippen LogP contribution in [0.15, 0.2) is 55.6 Å². The summed E-state index contributed by atoms with van der Waals surface area (Å²) in [6.45, 7) is 0. The second-order valence-electron chi connectivity index (χ2n) is 5.71. The highest BCUT2D eigenvalue weighted by molar-refractivity contribution is 9.12. The van der Waals surface area contributed by atoms with E-state index in [0.29, 0.717) is 29.7 Å². The Morgan fingerprint density at radius 2 is 2.08 bits per heavy atom. The van der Waals surface area contributed by atoms with Gasteiger partial charge in [0.25, 0.3) is 0 Å². The Morgan fingerprint density at radius 3 is 2.88 bits per heavy atom. The molecule has 1 aromatic heterocycles. The van der Waals surface area contributed by atoms with Gasteiger partial charge in [-0.15, -0.1) is 0 Å². The third kappa shape index (κ3) is 2.41. The quantitative estimate of drug-likeness (QED) is 0.668. The third-order valence-corrected chi connectivity index (χ3v) is 5.42. The maximum atomic E-state index is 12.8. The molecule has 0 saturated heterocycles. The smallest absolute Gasteiger partial charge is 0.214 e. The third-order valence-electron chi connectivity index (χ3n) is 4.24. The summed E-state index contributed by atoms with van der Waals surface area (Å²) in [6.07, 6.45) is 10.7. The number of nitrogens with one attached hydrogen (secondary N) is 1. The van der Waals surface area contributed by atoms with Crippen LogP contribution in [0.5, 0.6) is 5.88 Å². The molecule has 2 heterocycles. The fourth-order valence-corrected chi connectivity index (χ4v) is 3.68. The predicted octanol–water partition coefficient (Wildman–Crippen LogP) is 4.43. The van der Waals surface area contributed by atoms with Crippen LogP contribution in [0.25, 0.3) is 6.08 Å². The number of hydrogen-bond donors (Lipinski definition) is 2. The van der Waals surface area contributed by atoms with Crippen LogP contribution in [0.4, 0.5) is 0 Å². The van der Waals surface area contributed by atoms with E-state index in [9.17, 15) is 9.90 Å². The zero-order valence-corrected chi connectivity index (χ0v) is 15.6. The molecule has 0 atom stereocenters. The van der Waals surface area contributed by atoms with E-state index >= 15 is 0 Å². The molecular weight excluding hydrogens is 436 g/mol. The molecule has 6 heteroatoms. The Kier molecular flexibility index (Phi) is 3.81. The molecule has 1 aliphatic heterocycles. The maximum Gasteiger partial charge on any atom is 0.214 e. The first kappa shape index (κ1) is 15.6. The monoisotopic (exact) mass is 446 g/mol. The molecule has 4 nitrogen and oxygen atoms in total. The molecule has 120 valence electrons. The molecule has 3 aliphatic rings. The van der Waals surface area contributed by atoms with Crippen LogP contribution in [-0.4, -0.2) is 21.6 Å². The maximum absolute atomic E-state index is 12.8. The summed E-state index contributed by atoms with van der Waals surface area (Å²) in [6, 6.07) is 0. The van der Waals surface area contributed by atoms with Gasteiger partial charge in [-0.25, -0.2) is 4.99 Å². The lowest BCUT2D eigenvalue weighted by atomic mass is 9.94. The summed E-state index contributed by atoms with van der Waals surface area (Å²) in [5, 5.41) is 10.4. The number of allylic oxidation sites excluding steroid dienone is 7. The minimum atomic E-state index is -0.149. The predicted molar refractivity (Wildman–Crippen MR) is 102 cm³/mol. The zero-order chi connectivity index (χ0) is 16.8. The number of halogens is 2. The molecule has 2 aliphatic carbocycles. The minimum Gasteiger partial charge on any atom is -0.494 e. The molecule has 0 saturated carbocycles. The molecule has 0 spiro atoms. The Hall–Kier alpha value is -1.92. The number of aromatic hydroxyl groups is 1. The molecule has 0 amide bonds. The highest BCUT2D eigenvalue weighted by atomic mass is 79.9. The van der Waals surface area contributed by atoms with Crippen LogP contribution in [0, 0.1) is 0 Å². The Morgan fingerprint density at radius 1 is 1.25 bits per heavy atom. The van der Waals surface area contributed by atoms with Gasteiger partial charge in [-0.1, -0.05) is 50.1 Å². The number of Topliss-reactive ketones (excluding diaryl/α,β-unsaturated/α-hetero) is 1. The van der Waals surface area contributed by atoms with E-state index in [1.165, 1.54) is 0 Å². The molecule has 0 fully saturated rings. The van der Waals surface area contributed by atoms with E-state index in [-0.39, 0.29) is 11.7 Å². The number of aromatic nitrogens is 1. The van der Waals surface area contributed by atoms with E-state index in [0.717, 1.165) is 27.0 Å². The van der Waals surface area contributed by atoms with E-state index in [2.05, 4.69) is 41.8 Å². The van der Waals surface area contributed by atoms with Crippen molar-refractivity contribution < 1.29 is 9.90 Å². The van der Waals surface area contributed by atoms with Crippen LogP contribution in [0.3, 0.4) is 0 Å². The van der Waals surface area contributed by atoms with Gasteiger partial charge in [0.15, 0.2) is 5.88 Å². The molecule has 24 heavy (non-hydrogen) atoms. The average Bonchev–Trinajstić information content (AvgIpc) is 2.98. The number of aliphatic imine (C=N–C) groups is 1. The van der Waals surface area contributed by atoms with Crippen molar-refractivity contribution in [1.29, 1.82) is 0 Å². The standard InChI is InChI=1S/C18H12Br2N2O2/c19-8-9-1-4-11-14(7-9)22-18(24)15(11)16-17(23)12-5-2-10(20)3-6-13(12)21-16/h1-5,8,22,24H,6-7H2/b9-8-. The number of H-pyrrole nitrogens is 1. The lowest BCUT2D eigenvalue weighted by Crippen LogP contribution is -2.14. The van der Waals surface area contributed by atoms with Crippen molar-refractivity contribution in [1.82, 2.24) is 4.98 Å². The van der Waals surface area contributed by atoms with Gasteiger partial charge in [-0.3, -0.25) is 4.79 Å². The summed E-state index contributed by atoms with van der Waals surface area (Å²) in [5.74, 6) is -0.157. The van der Waals surface area contributed by atoms with Gasteiger partial charge in [0.2, 0.25) is 5.78 Å². The highest BCUT2D eigenvalue weighted by Crippen LogP contribution is 2.36. The van der Waals surface area contributed by atoms with Crippen LogP contribution in [0.2, 0.25) is 0 Å². The number of nitrogens with zero attached hydrogens (tertiary/aromatic N) is 1. The van der Waals surface area contributed by atoms with Gasteiger partial charge in [-0.2, -0.15) is 0 Å². The first-order valence-electron chi connectivity index (χ1n) is 7.40. The van der Waals surface area contributed by atoms with Crippen LogP contribution < -0.4 is 0 Å². The lowest BCUT2D eigenvalue weighted by molar-refractivity contribution is -0.109. The first-order chi connectivity index (χ1) is 11.6. The number of carbonyl (C=O) groups excluding carboxylic acids is 1. The first-order valence-corrected chi connectivity index (χ1v) is 9.11. The Bertz CT molecular complexity index is 956. The van der Waals surface area contributed by atoms with Crippen LogP contribution >= 0.6 is 31.9 Å². The Labute approximate surface area is 155 Å². The number of fused-ring (bicyclic) bond motifs is 1. The Balaban J connectivity index is 1.79. The number of aromatic amines is 1. The number of ketones is 1. The van der Waals surface area contributed by atoms with Crippen molar-refractivity contribution in [3.8, 4) is 5.88 Å². The molecule has 0 aromatic carbocycles. The van der Waals surface area contributed by atoms with Gasteiger partial charge < -0.3 is 10.1 Å². The van der Waals surface area contributed by atoms with E-state index < -0.39 is 0 Å². The number of rotatable bonds is 1. The fourth-order valence-electron chi connectivity index (χ4n) is 3.07. The molecule has 0 bridgehead atoms. The van der Waals surface area contributed by atoms with Crippen molar-refractivity contribution in [2.75, 3.05) is 0 Å². The van der Waals surface area contributed by atoms with Gasteiger partial charge in [-0.05, 0) is 22.7 Å². The van der Waals surface area contributed by atoms with Crippen molar-refractivity contribution in [2.24, 2.45) is 4.99 Å². The largest absolute Gasteiger partial charge is 0.494 e. The summed E-state index contributed by atoms with van der Waals surface area (Å²) in [5.41, 5.74) is 4.91. The normalized spacial score (nSPS) is 20.9. The van der Waals surface area contributed by atoms with Crippen molar-refractivity contribution in [3.63, 3.8) is 0 Å². The molecular formula is C18H12Br2N2O2. The van der Waals surface area contributed by atoms with Crippen LogP contribution in [0.1, 0.15) is 23.2 Å². The second-order valence-corrected chi connectivity index (χ2v) is 7.08. The lowest BCUT2D eigenvalue weighted by Gasteiger charge is -2.09. The number of carbonyl (C=O) groups is 1. The van der Waals surface area contributed by atoms with Gasteiger partial charge >= 0.3 is 0 Å². The summed E-state index contributed by atoms with van der Waals surface area (Å²) in [4.78, 5) is 22.2. The van der Waals surface area contributed by atoms with Gasteiger partial charge in [0.1, 0.15) is 5.71 Å². The van der Waals surface area contributed by atoms with E-state index in [4.69, 9.17) is 0 Å². The van der Waals surface area contributed by atoms with Crippen molar-refractivity contribution in [2.45, 2.75) is 12.8 Å². The molecule has 0 unspecified atom stereocenters. The van der Waals surface area contributed by atoms with Gasteiger partial charge in [0, 0.05) is 34.2 Å². The average molecular weight is 448 g/mol. The van der Waals surface area contributed by atoms with Crippen molar-refractivity contribution >= 4 is 49.4 Å².